The van der Waals surface area contributed by atoms with Gasteiger partial charge in [0.15, 0.2) is 0 Å². The number of rotatable bonds is 6. The molecule has 150 valence electrons. The van der Waals surface area contributed by atoms with E-state index in [4.69, 9.17) is 11.6 Å². The number of sulfonamides is 1. The average molecular weight is 428 g/mol. The Hall–Kier alpha value is -1.85. The smallest absolute Gasteiger partial charge is 0.354 e. The van der Waals surface area contributed by atoms with Crippen molar-refractivity contribution in [2.24, 2.45) is 0 Å². The van der Waals surface area contributed by atoms with Gasteiger partial charge in [0.25, 0.3) is 0 Å². The summed E-state index contributed by atoms with van der Waals surface area (Å²) in [6.07, 6.45) is -3.89. The summed E-state index contributed by atoms with van der Waals surface area (Å²) < 4.78 is 64.8. The second kappa shape index (κ2) is 8.44. The fourth-order valence-corrected chi connectivity index (χ4v) is 3.73. The van der Waals surface area contributed by atoms with Gasteiger partial charge in [0.2, 0.25) is 21.8 Å². The van der Waals surface area contributed by atoms with Crippen molar-refractivity contribution in [2.75, 3.05) is 13.1 Å². The molecule has 1 aliphatic heterocycles. The monoisotopic (exact) mass is 427 g/mol. The zero-order chi connectivity index (χ0) is 20.2. The highest BCUT2D eigenvalue weighted by atomic mass is 35.5. The van der Waals surface area contributed by atoms with E-state index in [1.807, 2.05) is 0 Å². The van der Waals surface area contributed by atoms with Crippen LogP contribution < -0.4 is 15.4 Å². The fraction of sp³-hybridized carbons (Fsp3) is 0.467. The summed E-state index contributed by atoms with van der Waals surface area (Å²) in [5.74, 6) is -0.858. The number of carbonyl (C=O) groups excluding carboxylic acids is 2. The summed E-state index contributed by atoms with van der Waals surface area (Å²) in [6.45, 7) is 0.193. The summed E-state index contributed by atoms with van der Waals surface area (Å²) >= 11 is 5.46. The molecular formula is C15H17ClF3N3O4S. The van der Waals surface area contributed by atoms with Crippen LogP contribution in [0.2, 0.25) is 5.02 Å². The maximum Gasteiger partial charge on any atom is 0.417 e. The van der Waals surface area contributed by atoms with Crippen molar-refractivity contribution >= 4 is 33.4 Å². The first kappa shape index (κ1) is 21.5. The maximum absolute atomic E-state index is 12.8. The lowest BCUT2D eigenvalue weighted by Crippen LogP contribution is -2.50. The molecule has 0 radical (unpaired) electrons. The van der Waals surface area contributed by atoms with Crippen LogP contribution in [0.5, 0.6) is 0 Å². The van der Waals surface area contributed by atoms with E-state index in [9.17, 15) is 31.2 Å². The zero-order valence-electron chi connectivity index (χ0n) is 13.9. The lowest BCUT2D eigenvalue weighted by Gasteiger charge is -2.22. The van der Waals surface area contributed by atoms with Crippen molar-refractivity contribution in [1.29, 1.82) is 0 Å². The molecule has 0 saturated carbocycles. The van der Waals surface area contributed by atoms with Gasteiger partial charge in [-0.2, -0.15) is 13.2 Å². The molecule has 1 heterocycles. The topological polar surface area (TPSA) is 104 Å². The number of hydrogen-bond acceptors (Lipinski definition) is 4. The molecule has 1 atom stereocenters. The molecule has 1 fully saturated rings. The Morgan fingerprint density at radius 1 is 1.33 bits per heavy atom. The molecule has 2 amide bonds. The van der Waals surface area contributed by atoms with Gasteiger partial charge in [-0.1, -0.05) is 11.6 Å². The summed E-state index contributed by atoms with van der Waals surface area (Å²) in [7, 11) is -4.27. The van der Waals surface area contributed by atoms with Crippen LogP contribution in [0.3, 0.4) is 0 Å². The summed E-state index contributed by atoms with van der Waals surface area (Å²) in [5.41, 5.74) is -1.27. The Balaban J connectivity index is 1.95. The van der Waals surface area contributed by atoms with Gasteiger partial charge in [-0.15, -0.1) is 0 Å². The quantitative estimate of drug-likeness (QED) is 0.638. The highest BCUT2D eigenvalue weighted by molar-refractivity contribution is 7.89. The van der Waals surface area contributed by atoms with Crippen molar-refractivity contribution in [3.05, 3.63) is 28.8 Å². The third-order valence-electron chi connectivity index (χ3n) is 3.82. The van der Waals surface area contributed by atoms with Gasteiger partial charge in [0.05, 0.1) is 15.5 Å². The number of amides is 2. The van der Waals surface area contributed by atoms with Gasteiger partial charge in [-0.3, -0.25) is 9.59 Å². The van der Waals surface area contributed by atoms with Crippen LogP contribution >= 0.6 is 11.6 Å². The van der Waals surface area contributed by atoms with Crippen molar-refractivity contribution in [2.45, 2.75) is 36.4 Å². The molecule has 1 aliphatic rings. The Labute approximate surface area is 158 Å². The maximum atomic E-state index is 12.8. The SMILES string of the molecule is O=C(CCNS(=O)(=O)c1ccc(Cl)c(C(F)(F)F)c1)NC1CCCNC1=O. The van der Waals surface area contributed by atoms with E-state index in [2.05, 4.69) is 15.4 Å². The molecular weight excluding hydrogens is 411 g/mol. The highest BCUT2D eigenvalue weighted by Crippen LogP contribution is 2.35. The van der Waals surface area contributed by atoms with E-state index < -0.39 is 43.6 Å². The van der Waals surface area contributed by atoms with Gasteiger partial charge < -0.3 is 10.6 Å². The van der Waals surface area contributed by atoms with E-state index in [1.54, 1.807) is 0 Å². The molecule has 1 saturated heterocycles. The number of hydrogen-bond donors (Lipinski definition) is 3. The van der Waals surface area contributed by atoms with Crippen LogP contribution in [-0.4, -0.2) is 39.4 Å². The molecule has 7 nitrogen and oxygen atoms in total. The largest absolute Gasteiger partial charge is 0.417 e. The lowest BCUT2D eigenvalue weighted by molar-refractivity contribution is -0.137. The zero-order valence-corrected chi connectivity index (χ0v) is 15.5. The van der Waals surface area contributed by atoms with Crippen molar-refractivity contribution in [3.8, 4) is 0 Å². The lowest BCUT2D eigenvalue weighted by atomic mass is 10.1. The third-order valence-corrected chi connectivity index (χ3v) is 5.61. The molecule has 0 spiro atoms. The molecule has 0 aromatic heterocycles. The Bertz CT molecular complexity index is 830. The van der Waals surface area contributed by atoms with Crippen LogP contribution in [0.15, 0.2) is 23.1 Å². The van der Waals surface area contributed by atoms with Crippen LogP contribution in [0.25, 0.3) is 0 Å². The Morgan fingerprint density at radius 2 is 2.04 bits per heavy atom. The Morgan fingerprint density at radius 3 is 2.67 bits per heavy atom. The van der Waals surface area contributed by atoms with E-state index in [0.29, 0.717) is 25.5 Å². The minimum absolute atomic E-state index is 0.275. The number of piperidine rings is 1. The summed E-state index contributed by atoms with van der Waals surface area (Å²) in [4.78, 5) is 22.7. The molecule has 3 N–H and O–H groups in total. The van der Waals surface area contributed by atoms with Crippen LogP contribution in [-0.2, 0) is 25.8 Å². The first-order valence-electron chi connectivity index (χ1n) is 7.94. The molecule has 27 heavy (non-hydrogen) atoms. The van der Waals surface area contributed by atoms with Crippen LogP contribution in [0.1, 0.15) is 24.8 Å². The molecule has 0 aliphatic carbocycles. The first-order valence-corrected chi connectivity index (χ1v) is 9.80. The Kier molecular flexibility index (Phi) is 6.71. The summed E-state index contributed by atoms with van der Waals surface area (Å²) in [5, 5.41) is 4.45. The number of carbonyl (C=O) groups is 2. The van der Waals surface area contributed by atoms with Gasteiger partial charge in [-0.25, -0.2) is 13.1 Å². The molecule has 1 unspecified atom stereocenters. The van der Waals surface area contributed by atoms with E-state index in [-0.39, 0.29) is 18.9 Å². The number of nitrogens with one attached hydrogen (secondary N) is 3. The standard InChI is InChI=1S/C15H17ClF3N3O4S/c16-11-4-3-9(8-10(11)15(17,18)19)27(25,26)21-7-5-13(23)22-12-2-1-6-20-14(12)24/h3-4,8,12,21H,1-2,5-7H2,(H,20,24)(H,22,23). The average Bonchev–Trinajstić information content (AvgIpc) is 2.56. The molecule has 12 heteroatoms. The number of benzene rings is 1. The summed E-state index contributed by atoms with van der Waals surface area (Å²) in [6, 6.07) is 1.53. The molecule has 1 aromatic carbocycles. The first-order chi connectivity index (χ1) is 12.5. The highest BCUT2D eigenvalue weighted by Gasteiger charge is 2.34. The van der Waals surface area contributed by atoms with Crippen molar-refractivity contribution in [1.82, 2.24) is 15.4 Å². The second-order valence-corrected chi connectivity index (χ2v) is 8.01. The van der Waals surface area contributed by atoms with E-state index in [1.165, 1.54) is 0 Å². The van der Waals surface area contributed by atoms with Gasteiger partial charge in [-0.05, 0) is 31.0 Å². The van der Waals surface area contributed by atoms with E-state index in [0.717, 1.165) is 12.1 Å². The van der Waals surface area contributed by atoms with Crippen molar-refractivity contribution < 1.29 is 31.2 Å². The minimum Gasteiger partial charge on any atom is -0.354 e. The predicted octanol–water partition coefficient (Wildman–Crippen LogP) is 1.42. The molecule has 0 bridgehead atoms. The van der Waals surface area contributed by atoms with Gasteiger partial charge in [0.1, 0.15) is 6.04 Å². The number of halogens is 4. The van der Waals surface area contributed by atoms with Crippen molar-refractivity contribution in [3.63, 3.8) is 0 Å². The van der Waals surface area contributed by atoms with Gasteiger partial charge >= 0.3 is 6.18 Å². The van der Waals surface area contributed by atoms with Gasteiger partial charge in [0, 0.05) is 19.5 Å². The molecule has 1 aromatic rings. The fourth-order valence-electron chi connectivity index (χ4n) is 2.45. The molecule has 2 rings (SSSR count). The van der Waals surface area contributed by atoms with E-state index >= 15 is 0 Å². The number of alkyl halides is 3. The second-order valence-electron chi connectivity index (χ2n) is 5.84. The minimum atomic E-state index is -4.80. The predicted molar refractivity (Wildman–Crippen MR) is 90.4 cm³/mol. The van der Waals surface area contributed by atoms with Crippen LogP contribution in [0, 0.1) is 0 Å². The normalized spacial score (nSPS) is 18.1. The third kappa shape index (κ3) is 5.81. The van der Waals surface area contributed by atoms with Crippen LogP contribution in [0.4, 0.5) is 13.2 Å².